The van der Waals surface area contributed by atoms with E-state index in [4.69, 9.17) is 4.74 Å². The van der Waals surface area contributed by atoms with Crippen molar-refractivity contribution in [3.05, 3.63) is 90.5 Å². The quantitative estimate of drug-likeness (QED) is 0.642. The molecule has 0 radical (unpaired) electrons. The van der Waals surface area contributed by atoms with Crippen LogP contribution in [0.4, 0.5) is 10.5 Å². The van der Waals surface area contributed by atoms with Gasteiger partial charge in [-0.3, -0.25) is 4.90 Å². The fourth-order valence-electron chi connectivity index (χ4n) is 2.66. The van der Waals surface area contributed by atoms with Crippen LogP contribution in [0, 0.1) is 0 Å². The second kappa shape index (κ2) is 9.36. The Kier molecular flexibility index (Phi) is 6.64. The highest BCUT2D eigenvalue weighted by molar-refractivity contribution is 7.89. The molecule has 150 valence electrons. The van der Waals surface area contributed by atoms with E-state index >= 15 is 0 Å². The minimum atomic E-state index is -3.52. The molecule has 0 aliphatic carbocycles. The molecule has 0 fully saturated rings. The maximum Gasteiger partial charge on any atom is 0.419 e. The Balaban J connectivity index is 1.52. The van der Waals surface area contributed by atoms with Crippen LogP contribution >= 0.6 is 0 Å². The van der Waals surface area contributed by atoms with E-state index in [-0.39, 0.29) is 11.4 Å². The zero-order chi connectivity index (χ0) is 20.7. The molecule has 0 bridgehead atoms. The van der Waals surface area contributed by atoms with Gasteiger partial charge < -0.3 is 4.74 Å². The van der Waals surface area contributed by atoms with Gasteiger partial charge in [0.05, 0.1) is 4.90 Å². The van der Waals surface area contributed by atoms with Crippen LogP contribution in [0.25, 0.3) is 0 Å². The lowest BCUT2D eigenvalue weighted by Crippen LogP contribution is -2.29. The van der Waals surface area contributed by atoms with E-state index in [1.807, 2.05) is 42.5 Å². The van der Waals surface area contributed by atoms with Crippen LogP contribution in [0.3, 0.4) is 0 Å². The normalized spacial score (nSPS) is 11.1. The number of nitrogens with zero attached hydrogens (tertiary/aromatic N) is 1. The van der Waals surface area contributed by atoms with Crippen molar-refractivity contribution >= 4 is 21.8 Å². The van der Waals surface area contributed by atoms with E-state index < -0.39 is 16.1 Å². The number of para-hydroxylation sites is 1. The average molecular weight is 410 g/mol. The van der Waals surface area contributed by atoms with Crippen LogP contribution in [0.5, 0.6) is 5.75 Å². The second-order valence-corrected chi connectivity index (χ2v) is 8.13. The van der Waals surface area contributed by atoms with Gasteiger partial charge in [0.2, 0.25) is 10.0 Å². The summed E-state index contributed by atoms with van der Waals surface area (Å²) in [6, 6.07) is 24.5. The minimum absolute atomic E-state index is 0.241. The van der Waals surface area contributed by atoms with Crippen molar-refractivity contribution in [1.82, 2.24) is 4.72 Å². The first-order chi connectivity index (χ1) is 14.0. The Bertz CT molecular complexity index is 1040. The average Bonchev–Trinajstić information content (AvgIpc) is 2.75. The van der Waals surface area contributed by atoms with Crippen LogP contribution in [0.2, 0.25) is 0 Å². The molecule has 0 unspecified atom stereocenters. The number of hydrogen-bond donors (Lipinski definition) is 1. The summed E-state index contributed by atoms with van der Waals surface area (Å²) in [5, 5.41) is 0. The molecule has 7 heteroatoms. The Morgan fingerprint density at radius 2 is 1.48 bits per heavy atom. The molecule has 3 rings (SSSR count). The smallest absolute Gasteiger partial charge is 0.410 e. The molecule has 6 nitrogen and oxygen atoms in total. The summed E-state index contributed by atoms with van der Waals surface area (Å²) in [6.45, 7) is 0.271. The zero-order valence-electron chi connectivity index (χ0n) is 16.0. The van der Waals surface area contributed by atoms with Crippen molar-refractivity contribution in [2.75, 3.05) is 18.5 Å². The lowest BCUT2D eigenvalue weighted by molar-refractivity contribution is 0.209. The minimum Gasteiger partial charge on any atom is -0.410 e. The van der Waals surface area contributed by atoms with Crippen molar-refractivity contribution in [2.24, 2.45) is 0 Å². The van der Waals surface area contributed by atoms with E-state index in [2.05, 4.69) is 4.72 Å². The summed E-state index contributed by atoms with van der Waals surface area (Å²) in [5.74, 6) is 0.423. The monoisotopic (exact) mass is 410 g/mol. The molecule has 0 spiro atoms. The first-order valence-corrected chi connectivity index (χ1v) is 10.6. The molecule has 0 aromatic heterocycles. The van der Waals surface area contributed by atoms with Gasteiger partial charge in [-0.05, 0) is 48.4 Å². The van der Waals surface area contributed by atoms with Crippen LogP contribution in [0.1, 0.15) is 5.56 Å². The summed E-state index contributed by atoms with van der Waals surface area (Å²) in [7, 11) is -1.87. The van der Waals surface area contributed by atoms with Gasteiger partial charge in [0.15, 0.2) is 0 Å². The number of hydrogen-bond acceptors (Lipinski definition) is 4. The third-order valence-electron chi connectivity index (χ3n) is 4.31. The van der Waals surface area contributed by atoms with Crippen molar-refractivity contribution < 1.29 is 17.9 Å². The molecule has 3 aromatic carbocycles. The van der Waals surface area contributed by atoms with E-state index in [1.54, 1.807) is 49.5 Å². The predicted molar refractivity (Wildman–Crippen MR) is 113 cm³/mol. The number of carbonyl (C=O) groups is 1. The predicted octanol–water partition coefficient (Wildman–Crippen LogP) is 3.84. The summed E-state index contributed by atoms with van der Waals surface area (Å²) < 4.78 is 32.4. The number of rotatable bonds is 7. The summed E-state index contributed by atoms with van der Waals surface area (Å²) in [6.07, 6.45) is 0.0316. The van der Waals surface area contributed by atoms with Crippen molar-refractivity contribution in [1.29, 1.82) is 0 Å². The second-order valence-electron chi connectivity index (χ2n) is 6.37. The third-order valence-corrected chi connectivity index (χ3v) is 5.78. The summed E-state index contributed by atoms with van der Waals surface area (Å²) in [4.78, 5) is 13.9. The van der Waals surface area contributed by atoms with Gasteiger partial charge in [0.25, 0.3) is 0 Å². The maximum atomic E-state index is 12.2. The number of amides is 1. The number of carbonyl (C=O) groups excluding carboxylic acids is 1. The highest BCUT2D eigenvalue weighted by atomic mass is 32.2. The van der Waals surface area contributed by atoms with Crippen LogP contribution < -0.4 is 14.4 Å². The highest BCUT2D eigenvalue weighted by Gasteiger charge is 2.14. The molecular weight excluding hydrogens is 388 g/mol. The van der Waals surface area contributed by atoms with Crippen molar-refractivity contribution in [2.45, 2.75) is 11.3 Å². The van der Waals surface area contributed by atoms with Crippen molar-refractivity contribution in [3.8, 4) is 5.75 Å². The summed E-state index contributed by atoms with van der Waals surface area (Å²) >= 11 is 0. The van der Waals surface area contributed by atoms with Gasteiger partial charge in [0, 0.05) is 19.3 Å². The molecule has 3 aromatic rings. The van der Waals surface area contributed by atoms with Gasteiger partial charge in [-0.1, -0.05) is 48.5 Å². The number of ether oxygens (including phenoxy) is 1. The SMILES string of the molecule is CN(C(=O)Oc1ccc(CCNS(=O)(=O)c2ccccc2)cc1)c1ccccc1. The zero-order valence-corrected chi connectivity index (χ0v) is 16.8. The molecule has 1 amide bonds. The molecule has 0 aliphatic heterocycles. The van der Waals surface area contributed by atoms with E-state index in [0.29, 0.717) is 12.2 Å². The van der Waals surface area contributed by atoms with Crippen LogP contribution in [-0.4, -0.2) is 28.1 Å². The first-order valence-electron chi connectivity index (χ1n) is 9.10. The fourth-order valence-corrected chi connectivity index (χ4v) is 3.72. The lowest BCUT2D eigenvalue weighted by Gasteiger charge is -2.16. The van der Waals surface area contributed by atoms with Gasteiger partial charge in [0.1, 0.15) is 5.75 Å². The van der Waals surface area contributed by atoms with E-state index in [0.717, 1.165) is 11.3 Å². The standard InChI is InChI=1S/C22H22N2O4S/c1-24(19-8-4-2-5-9-19)22(25)28-20-14-12-18(13-15-20)16-17-23-29(26,27)21-10-6-3-7-11-21/h2-15,23H,16-17H2,1H3. The molecule has 0 atom stereocenters. The molecular formula is C22H22N2O4S. The number of nitrogens with one attached hydrogen (secondary N) is 1. The van der Waals surface area contributed by atoms with Crippen LogP contribution in [-0.2, 0) is 16.4 Å². The molecule has 29 heavy (non-hydrogen) atoms. The molecule has 0 aliphatic rings. The van der Waals surface area contributed by atoms with Crippen LogP contribution in [0.15, 0.2) is 89.8 Å². The number of benzene rings is 3. The Labute approximate surface area is 170 Å². The van der Waals surface area contributed by atoms with Gasteiger partial charge in [-0.15, -0.1) is 0 Å². The van der Waals surface area contributed by atoms with Crippen molar-refractivity contribution in [3.63, 3.8) is 0 Å². The van der Waals surface area contributed by atoms with E-state index in [1.165, 1.54) is 4.90 Å². The number of anilines is 1. The first kappa shape index (κ1) is 20.6. The van der Waals surface area contributed by atoms with E-state index in [9.17, 15) is 13.2 Å². The number of sulfonamides is 1. The van der Waals surface area contributed by atoms with Gasteiger partial charge >= 0.3 is 6.09 Å². The maximum absolute atomic E-state index is 12.2. The third kappa shape index (κ3) is 5.66. The Morgan fingerprint density at radius 1 is 0.897 bits per heavy atom. The molecule has 0 saturated carbocycles. The van der Waals surface area contributed by atoms with Gasteiger partial charge in [-0.2, -0.15) is 0 Å². The molecule has 0 saturated heterocycles. The highest BCUT2D eigenvalue weighted by Crippen LogP contribution is 2.17. The fraction of sp³-hybridized carbons (Fsp3) is 0.136. The lowest BCUT2D eigenvalue weighted by atomic mass is 10.1. The molecule has 0 heterocycles. The Morgan fingerprint density at radius 3 is 2.10 bits per heavy atom. The topological polar surface area (TPSA) is 75.7 Å². The summed E-state index contributed by atoms with van der Waals surface area (Å²) in [5.41, 5.74) is 1.66. The Hall–Kier alpha value is -3.16. The van der Waals surface area contributed by atoms with Gasteiger partial charge in [-0.25, -0.2) is 17.9 Å². The molecule has 1 N–H and O–H groups in total. The largest absolute Gasteiger partial charge is 0.419 e.